The van der Waals surface area contributed by atoms with Crippen LogP contribution < -0.4 is 21.3 Å². The van der Waals surface area contributed by atoms with Crippen LogP contribution in [-0.2, 0) is 32.0 Å². The lowest BCUT2D eigenvalue weighted by Crippen LogP contribution is -2.20. The van der Waals surface area contributed by atoms with Gasteiger partial charge in [-0.15, -0.1) is 90.7 Å². The summed E-state index contributed by atoms with van der Waals surface area (Å²) < 4.78 is 0. The minimum Gasteiger partial charge on any atom is -0.320 e. The van der Waals surface area contributed by atoms with Gasteiger partial charge in [-0.1, -0.05) is 233 Å². The SMILES string of the molecule is CCCCCCCCCCC(CCCCCCCC)Cc1ccc(-c2ccc(-c3ccc(C4=C5C(=O)NC(c6ccc(-c7ccc(C8=C9C(=O)NC(c%10ccc(-c%11ccc(-c%12ccc(CC(CCCCCCCC)CCCCCCCCCC)s%12)s%11)s%10)=C9C(=O)N8)s7)s6)=C5C(=O)N4)s3)s2)s1. The number of thiophene rings is 8. The van der Waals surface area contributed by atoms with Crippen LogP contribution in [0.1, 0.15) is 262 Å². The molecule has 8 aromatic rings. The molecular weight excluding hydrogens is 1390 g/mol. The molecule has 0 bridgehead atoms. The van der Waals surface area contributed by atoms with E-state index in [0.29, 0.717) is 45.1 Å². The van der Waals surface area contributed by atoms with E-state index in [-0.39, 0.29) is 23.6 Å². The summed E-state index contributed by atoms with van der Waals surface area (Å²) in [6.07, 6.45) is 45.8. The Labute approximate surface area is 627 Å². The number of amides is 4. The molecule has 12 heterocycles. The molecule has 0 aromatic carbocycles. The Morgan fingerprint density at radius 1 is 0.230 bits per heavy atom. The summed E-state index contributed by atoms with van der Waals surface area (Å²) in [5, 5.41) is 12.3. The first-order valence-electron chi connectivity index (χ1n) is 38.1. The number of nitrogens with one attached hydrogen (secondary N) is 4. The van der Waals surface area contributed by atoms with Gasteiger partial charge in [0.1, 0.15) is 0 Å². The number of hydrogen-bond acceptors (Lipinski definition) is 12. The van der Waals surface area contributed by atoms with Crippen LogP contribution in [0.2, 0.25) is 0 Å². The normalized spacial score (nSPS) is 15.1. The van der Waals surface area contributed by atoms with Gasteiger partial charge in [0, 0.05) is 58.5 Å². The average Bonchev–Trinajstić information content (AvgIpc) is 1.59. The maximum absolute atomic E-state index is 14.0. The van der Waals surface area contributed by atoms with Gasteiger partial charge >= 0.3 is 0 Å². The Bertz CT molecular complexity index is 3930. The lowest BCUT2D eigenvalue weighted by Gasteiger charge is -2.16. The third kappa shape index (κ3) is 18.9. The van der Waals surface area contributed by atoms with Gasteiger partial charge < -0.3 is 21.3 Å². The van der Waals surface area contributed by atoms with E-state index in [1.807, 2.05) is 59.1 Å². The highest BCUT2D eigenvalue weighted by Gasteiger charge is 2.43. The number of hydrogen-bond donors (Lipinski definition) is 4. The molecule has 2 atom stereocenters. The molecule has 4 N–H and O–H groups in total. The second-order valence-electron chi connectivity index (χ2n) is 28.1. The molecule has 0 fully saturated rings. The van der Waals surface area contributed by atoms with Gasteiger partial charge in [0.2, 0.25) is 0 Å². The molecule has 4 amide bonds. The van der Waals surface area contributed by atoms with Crippen molar-refractivity contribution < 1.29 is 19.2 Å². The maximum atomic E-state index is 14.0. The summed E-state index contributed by atoms with van der Waals surface area (Å²) in [4.78, 5) is 73.6. The molecular formula is C84H102N4O4S8. The largest absolute Gasteiger partial charge is 0.320 e. The topological polar surface area (TPSA) is 116 Å². The van der Waals surface area contributed by atoms with Crippen molar-refractivity contribution >= 4 is 137 Å². The minimum absolute atomic E-state index is 0.299. The highest BCUT2D eigenvalue weighted by Crippen LogP contribution is 2.49. The van der Waals surface area contributed by atoms with Crippen molar-refractivity contribution in [3.8, 4) is 48.8 Å². The minimum atomic E-state index is -0.299. The lowest BCUT2D eigenvalue weighted by molar-refractivity contribution is -0.117. The zero-order chi connectivity index (χ0) is 69.2. The zero-order valence-corrected chi connectivity index (χ0v) is 65.9. The van der Waals surface area contributed by atoms with E-state index in [2.05, 4.69) is 110 Å². The quantitative estimate of drug-likeness (QED) is 0.0285. The fourth-order valence-electron chi connectivity index (χ4n) is 14.8. The second kappa shape index (κ2) is 37.2. The number of carbonyl (C=O) groups excluding carboxylic acids is 4. The molecule has 100 heavy (non-hydrogen) atoms. The first-order chi connectivity index (χ1) is 49.1. The van der Waals surface area contributed by atoms with Gasteiger partial charge in [-0.3, -0.25) is 19.2 Å². The highest BCUT2D eigenvalue weighted by atomic mass is 32.1. The van der Waals surface area contributed by atoms with Gasteiger partial charge in [0.25, 0.3) is 23.6 Å². The number of fused-ring (bicyclic) bond motifs is 2. The Kier molecular flexibility index (Phi) is 27.6. The van der Waals surface area contributed by atoms with E-state index in [1.54, 1.807) is 45.3 Å². The summed E-state index contributed by atoms with van der Waals surface area (Å²) in [5.74, 6) is 0.307. The predicted octanol–water partition coefficient (Wildman–Crippen LogP) is 26.2. The molecule has 4 aliphatic rings. The highest BCUT2D eigenvalue weighted by molar-refractivity contribution is 7.27. The van der Waals surface area contributed by atoms with Crippen LogP contribution in [0, 0.1) is 11.8 Å². The average molecular weight is 1490 g/mol. The first-order valence-corrected chi connectivity index (χ1v) is 44.6. The van der Waals surface area contributed by atoms with Crippen LogP contribution in [0.25, 0.3) is 71.6 Å². The molecule has 0 saturated heterocycles. The van der Waals surface area contributed by atoms with Crippen LogP contribution in [0.5, 0.6) is 0 Å². The Morgan fingerprint density at radius 3 is 0.640 bits per heavy atom. The van der Waals surface area contributed by atoms with Crippen molar-refractivity contribution in [3.05, 3.63) is 149 Å². The third-order valence-corrected chi connectivity index (χ3v) is 30.1. The van der Waals surface area contributed by atoms with Crippen molar-refractivity contribution in [2.75, 3.05) is 0 Å². The molecule has 8 nitrogen and oxygen atoms in total. The van der Waals surface area contributed by atoms with E-state index >= 15 is 0 Å². The van der Waals surface area contributed by atoms with Crippen molar-refractivity contribution in [3.63, 3.8) is 0 Å². The zero-order valence-electron chi connectivity index (χ0n) is 59.3. The maximum Gasteiger partial charge on any atom is 0.258 e. The van der Waals surface area contributed by atoms with Gasteiger partial charge in [-0.2, -0.15) is 0 Å². The van der Waals surface area contributed by atoms with E-state index in [1.165, 1.54) is 280 Å². The molecule has 12 rings (SSSR count). The van der Waals surface area contributed by atoms with Gasteiger partial charge in [-0.25, -0.2) is 0 Å². The number of rotatable bonds is 45. The van der Waals surface area contributed by atoms with Crippen molar-refractivity contribution in [1.82, 2.24) is 21.3 Å². The summed E-state index contributed by atoms with van der Waals surface area (Å²) in [6.45, 7) is 9.19. The molecule has 0 spiro atoms. The summed E-state index contributed by atoms with van der Waals surface area (Å²) >= 11 is 13.7. The van der Waals surface area contributed by atoms with E-state index < -0.39 is 0 Å². The van der Waals surface area contributed by atoms with Gasteiger partial charge in [0.15, 0.2) is 0 Å². The number of unbranched alkanes of at least 4 members (excludes halogenated alkanes) is 24. The van der Waals surface area contributed by atoms with Crippen molar-refractivity contribution in [2.45, 2.75) is 246 Å². The smallest absolute Gasteiger partial charge is 0.258 e. The van der Waals surface area contributed by atoms with Gasteiger partial charge in [0.05, 0.1) is 64.6 Å². The van der Waals surface area contributed by atoms with E-state index in [0.717, 1.165) is 50.9 Å². The second-order valence-corrected chi connectivity index (χ2v) is 37.0. The molecule has 0 radical (unpaired) electrons. The molecule has 16 heteroatoms. The third-order valence-electron chi connectivity index (χ3n) is 20.4. The fraction of sp³-hybridized carbons (Fsp3) is 0.476. The van der Waals surface area contributed by atoms with Crippen LogP contribution in [-0.4, -0.2) is 23.6 Å². The van der Waals surface area contributed by atoms with Crippen LogP contribution in [0.15, 0.2) is 119 Å². The van der Waals surface area contributed by atoms with Crippen LogP contribution >= 0.6 is 90.7 Å². The van der Waals surface area contributed by atoms with Gasteiger partial charge in [-0.05, 0) is 122 Å². The standard InChI is InChI=1S/C84H102N4O4S8/c1-5-9-13-17-21-23-27-31-35-55(33-29-25-19-15-11-7-3)53-57-37-39-59(93-57)61-41-43-63(95-61)65-45-49-69(97-65)77-73-75(83(91)85-77)79(87-81(73)89)71-51-47-67(99-71)68-48-52-72(100-68)80-76-74(82(90)88-80)78(86-84(76)92)70-50-46-66(98-70)64-44-42-62(96-64)60-40-38-58(94-60)54-56(34-30-26-20-16-12-8-4)36-32-28-24-22-18-14-10-6-2/h37-52,55-56H,5-36,53-54H2,1-4H3,(H,85,91)(H,86,92)(H,87,89)(H,88,90). The van der Waals surface area contributed by atoms with Crippen LogP contribution in [0.3, 0.4) is 0 Å². The Morgan fingerprint density at radius 2 is 0.410 bits per heavy atom. The Balaban J connectivity index is 0.673. The van der Waals surface area contributed by atoms with Crippen molar-refractivity contribution in [1.29, 1.82) is 0 Å². The van der Waals surface area contributed by atoms with E-state index in [9.17, 15) is 19.2 Å². The van der Waals surface area contributed by atoms with Crippen LogP contribution in [0.4, 0.5) is 0 Å². The molecule has 8 aromatic heterocycles. The molecule has 4 aliphatic heterocycles. The fourth-order valence-corrected chi connectivity index (χ4v) is 23.6. The summed E-state index contributed by atoms with van der Waals surface area (Å²) in [5.41, 5.74) is 3.59. The Hall–Kier alpha value is -5.56. The van der Waals surface area contributed by atoms with E-state index in [4.69, 9.17) is 0 Å². The van der Waals surface area contributed by atoms with Crippen molar-refractivity contribution in [2.24, 2.45) is 11.8 Å². The molecule has 2 unspecified atom stereocenters. The lowest BCUT2D eigenvalue weighted by atomic mass is 9.91. The summed E-state index contributed by atoms with van der Waals surface area (Å²) in [7, 11) is 0. The first kappa shape index (κ1) is 74.2. The predicted molar refractivity (Wildman–Crippen MR) is 435 cm³/mol. The summed E-state index contributed by atoms with van der Waals surface area (Å²) in [6, 6.07) is 34.5. The molecule has 530 valence electrons. The number of carbonyl (C=O) groups is 4. The monoisotopic (exact) mass is 1490 g/mol. The molecule has 0 saturated carbocycles. The molecule has 0 aliphatic carbocycles.